The van der Waals surface area contributed by atoms with Gasteiger partial charge in [0, 0.05) is 12.0 Å². The van der Waals surface area contributed by atoms with Crippen LogP contribution in [0.15, 0.2) is 59.4 Å². The molecule has 26 heavy (non-hydrogen) atoms. The number of hydrogen-bond donors (Lipinski definition) is 0. The predicted octanol–water partition coefficient (Wildman–Crippen LogP) is 4.25. The van der Waals surface area contributed by atoms with E-state index in [0.29, 0.717) is 21.9 Å². The Bertz CT molecular complexity index is 1100. The maximum atomic E-state index is 13.2. The van der Waals surface area contributed by atoms with Gasteiger partial charge in [-0.3, -0.25) is 4.79 Å². The second-order valence-corrected chi connectivity index (χ2v) is 7.08. The molecule has 6 heteroatoms. The van der Waals surface area contributed by atoms with E-state index in [2.05, 4.69) is 17.1 Å². The van der Waals surface area contributed by atoms with Crippen molar-refractivity contribution >= 4 is 22.2 Å². The first-order valence-electron chi connectivity index (χ1n) is 8.68. The first-order valence-corrected chi connectivity index (χ1v) is 9.49. The van der Waals surface area contributed by atoms with E-state index in [9.17, 15) is 4.79 Å². The van der Waals surface area contributed by atoms with Gasteiger partial charge in [0.05, 0.1) is 10.9 Å². The van der Waals surface area contributed by atoms with Gasteiger partial charge in [-0.05, 0) is 18.6 Å². The summed E-state index contributed by atoms with van der Waals surface area (Å²) in [7, 11) is 0. The predicted molar refractivity (Wildman–Crippen MR) is 105 cm³/mol. The molecule has 2 aromatic carbocycles. The summed E-state index contributed by atoms with van der Waals surface area (Å²) < 4.78 is 1.59. The van der Waals surface area contributed by atoms with E-state index in [1.165, 1.54) is 11.3 Å². The van der Waals surface area contributed by atoms with E-state index < -0.39 is 0 Å². The maximum Gasteiger partial charge on any atom is 0.268 e. The standard InChI is InChI=1S/C20H18N4OS/c1-2-3-13-17-22-23-20(26-17)24-18(14-9-5-4-6-10-14)21-16-12-8-7-11-15(16)19(24)25/h4-12H,2-3,13H2,1H3. The zero-order valence-corrected chi connectivity index (χ0v) is 15.2. The van der Waals surface area contributed by atoms with Crippen LogP contribution >= 0.6 is 11.3 Å². The monoisotopic (exact) mass is 362 g/mol. The maximum absolute atomic E-state index is 13.2. The minimum absolute atomic E-state index is 0.118. The molecule has 0 spiro atoms. The minimum Gasteiger partial charge on any atom is -0.268 e. The summed E-state index contributed by atoms with van der Waals surface area (Å²) in [4.78, 5) is 18.0. The Kier molecular flexibility index (Phi) is 4.58. The van der Waals surface area contributed by atoms with Gasteiger partial charge in [-0.15, -0.1) is 10.2 Å². The molecule has 130 valence electrons. The van der Waals surface area contributed by atoms with Gasteiger partial charge >= 0.3 is 0 Å². The van der Waals surface area contributed by atoms with E-state index in [0.717, 1.165) is 29.8 Å². The normalized spacial score (nSPS) is 11.1. The van der Waals surface area contributed by atoms with Gasteiger partial charge in [-0.2, -0.15) is 0 Å². The van der Waals surface area contributed by atoms with Gasteiger partial charge in [-0.1, -0.05) is 67.1 Å². The number of unbranched alkanes of at least 4 members (excludes halogenated alkanes) is 1. The van der Waals surface area contributed by atoms with Crippen LogP contribution in [0.1, 0.15) is 24.8 Å². The van der Waals surface area contributed by atoms with Crippen molar-refractivity contribution in [1.29, 1.82) is 0 Å². The van der Waals surface area contributed by atoms with Crippen molar-refractivity contribution in [3.8, 4) is 16.5 Å². The van der Waals surface area contributed by atoms with Crippen LogP contribution in [0.25, 0.3) is 27.4 Å². The highest BCUT2D eigenvalue weighted by Gasteiger charge is 2.17. The molecule has 0 atom stereocenters. The van der Waals surface area contributed by atoms with Gasteiger partial charge < -0.3 is 0 Å². The van der Waals surface area contributed by atoms with Gasteiger partial charge in [0.2, 0.25) is 5.13 Å². The molecule has 0 bridgehead atoms. The molecular weight excluding hydrogens is 344 g/mol. The van der Waals surface area contributed by atoms with Crippen molar-refractivity contribution in [2.45, 2.75) is 26.2 Å². The van der Waals surface area contributed by atoms with Crippen molar-refractivity contribution in [3.63, 3.8) is 0 Å². The molecule has 2 aromatic heterocycles. The van der Waals surface area contributed by atoms with Crippen molar-refractivity contribution in [1.82, 2.24) is 19.7 Å². The van der Waals surface area contributed by atoms with Crippen LogP contribution in [-0.4, -0.2) is 19.7 Å². The summed E-state index contributed by atoms with van der Waals surface area (Å²) in [6.07, 6.45) is 3.04. The van der Waals surface area contributed by atoms with Crippen LogP contribution in [0.5, 0.6) is 0 Å². The number of benzene rings is 2. The zero-order valence-electron chi connectivity index (χ0n) is 14.4. The van der Waals surface area contributed by atoms with E-state index in [1.807, 2.05) is 48.5 Å². The van der Waals surface area contributed by atoms with E-state index in [4.69, 9.17) is 4.98 Å². The molecule has 0 aliphatic rings. The molecular formula is C20H18N4OS. The van der Waals surface area contributed by atoms with E-state index in [-0.39, 0.29) is 5.56 Å². The Morgan fingerprint density at radius 3 is 2.58 bits per heavy atom. The Hall–Kier alpha value is -2.86. The third-order valence-electron chi connectivity index (χ3n) is 4.20. The van der Waals surface area contributed by atoms with E-state index in [1.54, 1.807) is 10.6 Å². The lowest BCUT2D eigenvalue weighted by atomic mass is 10.2. The molecule has 4 aromatic rings. The molecule has 0 N–H and O–H groups in total. The summed E-state index contributed by atoms with van der Waals surface area (Å²) in [5.74, 6) is 0.590. The van der Waals surface area contributed by atoms with E-state index >= 15 is 0 Å². The molecule has 5 nitrogen and oxygen atoms in total. The zero-order chi connectivity index (χ0) is 17.9. The molecule has 0 radical (unpaired) electrons. The second-order valence-electron chi connectivity index (χ2n) is 6.04. The topological polar surface area (TPSA) is 60.7 Å². The number of para-hydroxylation sites is 1. The van der Waals surface area contributed by atoms with Crippen LogP contribution in [0.4, 0.5) is 0 Å². The fourth-order valence-electron chi connectivity index (χ4n) is 2.86. The highest BCUT2D eigenvalue weighted by Crippen LogP contribution is 2.24. The molecule has 0 fully saturated rings. The SMILES string of the molecule is CCCCc1nnc(-n2c(-c3ccccc3)nc3ccccc3c2=O)s1. The molecule has 0 saturated heterocycles. The summed E-state index contributed by atoms with van der Waals surface area (Å²) >= 11 is 1.46. The lowest BCUT2D eigenvalue weighted by molar-refractivity contribution is 0.777. The summed E-state index contributed by atoms with van der Waals surface area (Å²) in [5, 5.41) is 10.6. The van der Waals surface area contributed by atoms with Gasteiger partial charge in [-0.25, -0.2) is 9.55 Å². The number of hydrogen-bond acceptors (Lipinski definition) is 5. The van der Waals surface area contributed by atoms with Gasteiger partial charge in [0.1, 0.15) is 10.8 Å². The third kappa shape index (κ3) is 3.04. The molecule has 0 saturated carbocycles. The summed E-state index contributed by atoms with van der Waals surface area (Å²) in [5.41, 5.74) is 1.44. The van der Waals surface area contributed by atoms with Crippen LogP contribution in [0.3, 0.4) is 0 Å². The largest absolute Gasteiger partial charge is 0.268 e. The number of nitrogens with zero attached hydrogens (tertiary/aromatic N) is 4. The molecule has 2 heterocycles. The lowest BCUT2D eigenvalue weighted by Gasteiger charge is -2.10. The fraction of sp³-hybridized carbons (Fsp3) is 0.200. The van der Waals surface area contributed by atoms with Crippen molar-refractivity contribution in [2.24, 2.45) is 0 Å². The van der Waals surface area contributed by atoms with Crippen LogP contribution in [-0.2, 0) is 6.42 Å². The van der Waals surface area contributed by atoms with Crippen LogP contribution < -0.4 is 5.56 Å². The molecule has 0 aliphatic heterocycles. The minimum atomic E-state index is -0.118. The Morgan fingerprint density at radius 1 is 1.00 bits per heavy atom. The average molecular weight is 362 g/mol. The fourth-order valence-corrected chi connectivity index (χ4v) is 3.74. The first kappa shape index (κ1) is 16.6. The van der Waals surface area contributed by atoms with Gasteiger partial charge in [0.15, 0.2) is 0 Å². The lowest BCUT2D eigenvalue weighted by Crippen LogP contribution is -2.21. The third-order valence-corrected chi connectivity index (χ3v) is 5.17. The Balaban J connectivity index is 1.96. The van der Waals surface area contributed by atoms with Crippen LogP contribution in [0, 0.1) is 0 Å². The Labute approximate surface area is 155 Å². The van der Waals surface area contributed by atoms with Crippen molar-refractivity contribution in [2.75, 3.05) is 0 Å². The molecule has 4 rings (SSSR count). The smallest absolute Gasteiger partial charge is 0.268 e. The molecule has 0 aliphatic carbocycles. The average Bonchev–Trinajstić information content (AvgIpc) is 3.15. The molecule has 0 amide bonds. The first-order chi connectivity index (χ1) is 12.8. The van der Waals surface area contributed by atoms with Crippen LogP contribution in [0.2, 0.25) is 0 Å². The van der Waals surface area contributed by atoms with Gasteiger partial charge in [0.25, 0.3) is 5.56 Å². The highest BCUT2D eigenvalue weighted by molar-refractivity contribution is 7.13. The number of rotatable bonds is 5. The highest BCUT2D eigenvalue weighted by atomic mass is 32.1. The second kappa shape index (κ2) is 7.17. The number of aryl methyl sites for hydroxylation is 1. The Morgan fingerprint density at radius 2 is 1.77 bits per heavy atom. The van der Waals surface area contributed by atoms with Crippen molar-refractivity contribution in [3.05, 3.63) is 70.0 Å². The summed E-state index contributed by atoms with van der Waals surface area (Å²) in [6.45, 7) is 2.15. The quantitative estimate of drug-likeness (QED) is 0.532. The van der Waals surface area contributed by atoms with Crippen molar-refractivity contribution < 1.29 is 0 Å². The molecule has 0 unspecified atom stereocenters. The number of aromatic nitrogens is 4. The number of fused-ring (bicyclic) bond motifs is 1. The summed E-state index contributed by atoms with van der Waals surface area (Å²) in [6, 6.07) is 17.1.